The molecular weight excluding hydrogens is 437 g/mol. The molecule has 0 spiro atoms. The molecule has 0 saturated heterocycles. The number of rotatable bonds is 3. The molecule has 0 aliphatic rings. The second-order valence-corrected chi connectivity index (χ2v) is 6.12. The molecule has 102 valence electrons. The third-order valence-electron chi connectivity index (χ3n) is 2.57. The molecule has 0 heterocycles. The van der Waals surface area contributed by atoms with Gasteiger partial charge in [-0.05, 0) is 65.1 Å². The average Bonchev–Trinajstić information content (AvgIpc) is 2.41. The Hall–Kier alpha value is -1.41. The van der Waals surface area contributed by atoms with E-state index < -0.39 is 5.97 Å². The second kappa shape index (κ2) is 6.36. The molecule has 0 unspecified atom stereocenters. The number of nitrogens with one attached hydrogen (secondary N) is 1. The molecule has 20 heavy (non-hydrogen) atoms. The maximum absolute atomic E-state index is 12.1. The van der Waals surface area contributed by atoms with Crippen LogP contribution < -0.4 is 5.32 Å². The minimum atomic E-state index is -1.09. The fourth-order valence-corrected chi connectivity index (χ4v) is 2.32. The number of halogens is 2. The van der Waals surface area contributed by atoms with Gasteiger partial charge >= 0.3 is 5.97 Å². The summed E-state index contributed by atoms with van der Waals surface area (Å²) in [6.07, 6.45) is 0. The molecule has 2 aromatic carbocycles. The smallest absolute Gasteiger partial charge is 0.337 e. The highest BCUT2D eigenvalue weighted by molar-refractivity contribution is 14.1. The number of anilines is 1. The van der Waals surface area contributed by atoms with Crippen LogP contribution in [-0.4, -0.2) is 17.0 Å². The van der Waals surface area contributed by atoms with Gasteiger partial charge in [0.15, 0.2) is 0 Å². The molecule has 0 aliphatic carbocycles. The van der Waals surface area contributed by atoms with Crippen molar-refractivity contribution in [1.82, 2.24) is 0 Å². The zero-order valence-corrected chi connectivity index (χ0v) is 13.8. The highest BCUT2D eigenvalue weighted by Gasteiger charge is 2.14. The minimum Gasteiger partial charge on any atom is -0.478 e. The molecule has 0 atom stereocenters. The number of hydrogen-bond donors (Lipinski definition) is 2. The molecule has 0 fully saturated rings. The lowest BCUT2D eigenvalue weighted by atomic mass is 10.1. The van der Waals surface area contributed by atoms with Gasteiger partial charge in [-0.2, -0.15) is 0 Å². The van der Waals surface area contributed by atoms with Crippen LogP contribution in [0.25, 0.3) is 0 Å². The third kappa shape index (κ3) is 3.57. The number of carbonyl (C=O) groups excluding carboxylic acids is 1. The van der Waals surface area contributed by atoms with E-state index >= 15 is 0 Å². The van der Waals surface area contributed by atoms with Crippen LogP contribution in [0.2, 0.25) is 0 Å². The molecule has 0 saturated carbocycles. The number of aromatic carboxylic acids is 1. The highest BCUT2D eigenvalue weighted by Crippen LogP contribution is 2.22. The van der Waals surface area contributed by atoms with Crippen molar-refractivity contribution in [3.63, 3.8) is 0 Å². The van der Waals surface area contributed by atoms with Crippen molar-refractivity contribution >= 4 is 56.1 Å². The maximum atomic E-state index is 12.1. The van der Waals surface area contributed by atoms with Crippen LogP contribution in [0.5, 0.6) is 0 Å². The van der Waals surface area contributed by atoms with E-state index in [2.05, 4.69) is 43.8 Å². The van der Waals surface area contributed by atoms with Crippen molar-refractivity contribution in [3.05, 3.63) is 61.6 Å². The minimum absolute atomic E-state index is 0.0400. The fourth-order valence-electron chi connectivity index (χ4n) is 1.60. The van der Waals surface area contributed by atoms with Crippen molar-refractivity contribution in [2.24, 2.45) is 0 Å². The van der Waals surface area contributed by atoms with Crippen LogP contribution in [0.1, 0.15) is 20.7 Å². The molecule has 2 rings (SSSR count). The van der Waals surface area contributed by atoms with E-state index in [1.54, 1.807) is 24.3 Å². The third-order valence-corrected chi connectivity index (χ3v) is 3.78. The predicted molar refractivity (Wildman–Crippen MR) is 88.2 cm³/mol. The number of benzene rings is 2. The van der Waals surface area contributed by atoms with Gasteiger partial charge in [0, 0.05) is 13.6 Å². The largest absolute Gasteiger partial charge is 0.478 e. The fraction of sp³-hybridized carbons (Fsp3) is 0. The Morgan fingerprint density at radius 2 is 1.75 bits per heavy atom. The Morgan fingerprint density at radius 3 is 2.35 bits per heavy atom. The van der Waals surface area contributed by atoms with Gasteiger partial charge in [0.05, 0.1) is 11.3 Å². The topological polar surface area (TPSA) is 66.4 Å². The first-order chi connectivity index (χ1) is 9.47. The lowest BCUT2D eigenvalue weighted by Crippen LogP contribution is -2.14. The summed E-state index contributed by atoms with van der Waals surface area (Å²) in [5.74, 6) is -1.43. The van der Waals surface area contributed by atoms with Crippen LogP contribution in [-0.2, 0) is 0 Å². The first-order valence-electron chi connectivity index (χ1n) is 5.57. The molecule has 2 N–H and O–H groups in total. The Labute approximate surface area is 137 Å². The summed E-state index contributed by atoms with van der Waals surface area (Å²) in [7, 11) is 0. The zero-order chi connectivity index (χ0) is 14.7. The molecule has 6 heteroatoms. The summed E-state index contributed by atoms with van der Waals surface area (Å²) in [5.41, 5.74) is 0.784. The first kappa shape index (κ1) is 15.0. The monoisotopic (exact) mass is 445 g/mol. The van der Waals surface area contributed by atoms with Crippen molar-refractivity contribution in [3.8, 4) is 0 Å². The molecule has 0 radical (unpaired) electrons. The number of hydrogen-bond acceptors (Lipinski definition) is 2. The quantitative estimate of drug-likeness (QED) is 0.701. The molecule has 0 aliphatic heterocycles. The van der Waals surface area contributed by atoms with E-state index in [0.29, 0.717) is 10.0 Å². The number of carboxylic acids is 1. The van der Waals surface area contributed by atoms with Gasteiger partial charge in [0.1, 0.15) is 0 Å². The van der Waals surface area contributed by atoms with E-state index in [4.69, 9.17) is 5.11 Å². The van der Waals surface area contributed by atoms with Crippen LogP contribution in [0.15, 0.2) is 46.9 Å². The van der Waals surface area contributed by atoms with Gasteiger partial charge in [-0.1, -0.05) is 15.9 Å². The number of amides is 1. The summed E-state index contributed by atoms with van der Waals surface area (Å²) in [6, 6.07) is 11.7. The van der Waals surface area contributed by atoms with Crippen molar-refractivity contribution in [1.29, 1.82) is 0 Å². The van der Waals surface area contributed by atoms with E-state index in [9.17, 15) is 9.59 Å². The zero-order valence-electron chi connectivity index (χ0n) is 10.1. The Balaban J connectivity index is 2.28. The second-order valence-electron chi connectivity index (χ2n) is 3.96. The number of carbonyl (C=O) groups is 2. The molecule has 4 nitrogen and oxygen atoms in total. The van der Waals surface area contributed by atoms with E-state index in [-0.39, 0.29) is 17.2 Å². The average molecular weight is 446 g/mol. The van der Waals surface area contributed by atoms with E-state index in [1.807, 2.05) is 12.1 Å². The number of carboxylic acid groups (broad SMARTS) is 1. The molecular formula is C14H9BrINO3. The standard InChI is InChI=1S/C14H9BrINO3/c15-9-3-6-12(11(7-9)14(19)20)17-13(18)8-1-4-10(16)5-2-8/h1-7H,(H,17,18)(H,19,20). The van der Waals surface area contributed by atoms with Gasteiger partial charge < -0.3 is 10.4 Å². The first-order valence-corrected chi connectivity index (χ1v) is 7.44. The Morgan fingerprint density at radius 1 is 1.10 bits per heavy atom. The van der Waals surface area contributed by atoms with E-state index in [0.717, 1.165) is 3.57 Å². The normalized spacial score (nSPS) is 10.1. The van der Waals surface area contributed by atoms with Crippen molar-refractivity contribution < 1.29 is 14.7 Å². The summed E-state index contributed by atoms with van der Waals surface area (Å²) >= 11 is 5.35. The van der Waals surface area contributed by atoms with Crippen LogP contribution in [0.4, 0.5) is 5.69 Å². The highest BCUT2D eigenvalue weighted by atomic mass is 127. The van der Waals surface area contributed by atoms with Gasteiger partial charge in [0.25, 0.3) is 5.91 Å². The maximum Gasteiger partial charge on any atom is 0.337 e. The van der Waals surface area contributed by atoms with Gasteiger partial charge in [-0.15, -0.1) is 0 Å². The predicted octanol–water partition coefficient (Wildman–Crippen LogP) is 4.00. The Bertz CT molecular complexity index is 671. The Kier molecular flexibility index (Phi) is 4.77. The van der Waals surface area contributed by atoms with Crippen LogP contribution >= 0.6 is 38.5 Å². The summed E-state index contributed by atoms with van der Waals surface area (Å²) < 4.78 is 1.66. The summed E-state index contributed by atoms with van der Waals surface area (Å²) in [6.45, 7) is 0. The molecule has 0 aromatic heterocycles. The summed E-state index contributed by atoms with van der Waals surface area (Å²) in [4.78, 5) is 23.2. The lowest BCUT2D eigenvalue weighted by molar-refractivity contribution is 0.0698. The van der Waals surface area contributed by atoms with Crippen LogP contribution in [0, 0.1) is 3.57 Å². The summed E-state index contributed by atoms with van der Waals surface area (Å²) in [5, 5.41) is 11.7. The molecule has 1 amide bonds. The van der Waals surface area contributed by atoms with Gasteiger partial charge in [-0.3, -0.25) is 4.79 Å². The van der Waals surface area contributed by atoms with Gasteiger partial charge in [-0.25, -0.2) is 4.79 Å². The lowest BCUT2D eigenvalue weighted by Gasteiger charge is -2.09. The van der Waals surface area contributed by atoms with E-state index in [1.165, 1.54) is 6.07 Å². The molecule has 2 aromatic rings. The van der Waals surface area contributed by atoms with Crippen LogP contribution in [0.3, 0.4) is 0 Å². The van der Waals surface area contributed by atoms with Gasteiger partial charge in [0.2, 0.25) is 0 Å². The van der Waals surface area contributed by atoms with Crippen molar-refractivity contribution in [2.45, 2.75) is 0 Å². The van der Waals surface area contributed by atoms with Crippen molar-refractivity contribution in [2.75, 3.05) is 5.32 Å². The SMILES string of the molecule is O=C(Nc1ccc(Br)cc1C(=O)O)c1ccc(I)cc1. The molecule has 0 bridgehead atoms.